The third kappa shape index (κ3) is 5.40. The van der Waals surface area contributed by atoms with Gasteiger partial charge in [-0.2, -0.15) is 0 Å². The van der Waals surface area contributed by atoms with Gasteiger partial charge in [0.05, 0.1) is 34.7 Å². The third-order valence-electron chi connectivity index (χ3n) is 16.5. The summed E-state index contributed by atoms with van der Waals surface area (Å²) in [5, 5.41) is 12.9. The molecule has 0 spiro atoms. The van der Waals surface area contributed by atoms with Crippen LogP contribution in [0.4, 0.5) is 0 Å². The molecule has 0 saturated heterocycles. The first-order valence-electron chi connectivity index (χ1n) is 20.3. The van der Waals surface area contributed by atoms with Crippen molar-refractivity contribution in [3.63, 3.8) is 0 Å². The Balaban J connectivity index is 0.950. The van der Waals surface area contributed by atoms with Gasteiger partial charge in [0.15, 0.2) is 0 Å². The summed E-state index contributed by atoms with van der Waals surface area (Å²) in [7, 11) is 0. The first-order chi connectivity index (χ1) is 24.7. The average Bonchev–Trinajstić information content (AvgIpc) is 3.79. The second-order valence-corrected chi connectivity index (χ2v) is 19.1. The van der Waals surface area contributed by atoms with Crippen LogP contribution in [0.2, 0.25) is 0 Å². The highest BCUT2D eigenvalue weighted by molar-refractivity contribution is 5.84. The van der Waals surface area contributed by atoms with Gasteiger partial charge in [0.2, 0.25) is 5.91 Å². The van der Waals surface area contributed by atoms with Crippen LogP contribution in [0.1, 0.15) is 117 Å². The Morgan fingerprint density at radius 3 is 2.37 bits per heavy atom. The molecule has 0 radical (unpaired) electrons. The van der Waals surface area contributed by atoms with Crippen LogP contribution in [-0.2, 0) is 24.7 Å². The van der Waals surface area contributed by atoms with Gasteiger partial charge in [-0.05, 0) is 136 Å². The lowest BCUT2D eigenvalue weighted by Gasteiger charge is -2.67. The number of ether oxygens (including phenoxy) is 1. The fraction of sp³-hybridized carbons (Fsp3) is 0.721. The number of hydrogen-bond acceptors (Lipinski definition) is 6. The van der Waals surface area contributed by atoms with Crippen molar-refractivity contribution in [2.24, 2.45) is 69.3 Å². The van der Waals surface area contributed by atoms with Gasteiger partial charge in [-0.1, -0.05) is 57.5 Å². The average molecular weight is 713 g/mol. The number of aromatic amines is 1. The van der Waals surface area contributed by atoms with E-state index in [1.54, 1.807) is 0 Å². The molecular formula is C43H60N4O5. The number of esters is 1. The number of carboxylic acid groups (broad SMARTS) is 1. The number of aromatic nitrogens is 2. The molecule has 5 N–H and O–H groups in total. The van der Waals surface area contributed by atoms with Crippen LogP contribution in [0.5, 0.6) is 0 Å². The summed E-state index contributed by atoms with van der Waals surface area (Å²) in [5.74, 6) is 1.35. The molecular weight excluding hydrogens is 652 g/mol. The SMILES string of the molecule is CC1C(C(=O)O)CC1C(=O)OC1CCC2(C)C(CCC3(C)C4CCC5(C(=O)NC(C)(C)c6ncc(-c7ccccc7)[nH]6)CCCC5C4CCC23)C1N. The molecule has 6 aliphatic carbocycles. The molecule has 6 aliphatic rings. The van der Waals surface area contributed by atoms with E-state index in [-0.39, 0.29) is 52.1 Å². The van der Waals surface area contributed by atoms with Crippen LogP contribution < -0.4 is 11.1 Å². The molecule has 282 valence electrons. The number of H-pyrrole nitrogens is 1. The van der Waals surface area contributed by atoms with E-state index in [1.165, 1.54) is 12.8 Å². The lowest BCUT2D eigenvalue weighted by molar-refractivity contribution is -0.197. The van der Waals surface area contributed by atoms with Crippen LogP contribution in [0.15, 0.2) is 36.5 Å². The second kappa shape index (κ2) is 12.7. The molecule has 1 aromatic carbocycles. The molecule has 52 heavy (non-hydrogen) atoms. The lowest BCUT2D eigenvalue weighted by atomic mass is 9.38. The molecule has 13 atom stereocenters. The van der Waals surface area contributed by atoms with Crippen LogP contribution in [0.25, 0.3) is 11.3 Å². The van der Waals surface area contributed by atoms with Gasteiger partial charge in [0, 0.05) is 6.04 Å². The number of aliphatic carboxylic acids is 1. The fourth-order valence-electron chi connectivity index (χ4n) is 13.6. The van der Waals surface area contributed by atoms with E-state index >= 15 is 0 Å². The summed E-state index contributed by atoms with van der Waals surface area (Å²) in [6, 6.07) is 9.99. The molecule has 9 nitrogen and oxygen atoms in total. The summed E-state index contributed by atoms with van der Waals surface area (Å²) < 4.78 is 6.11. The van der Waals surface area contributed by atoms with E-state index in [4.69, 9.17) is 15.5 Å². The van der Waals surface area contributed by atoms with Crippen LogP contribution in [0, 0.1) is 63.6 Å². The van der Waals surface area contributed by atoms with E-state index in [0.29, 0.717) is 36.0 Å². The molecule has 6 saturated carbocycles. The Labute approximate surface area is 309 Å². The van der Waals surface area contributed by atoms with E-state index < -0.39 is 17.4 Å². The van der Waals surface area contributed by atoms with Crippen molar-refractivity contribution in [2.45, 2.75) is 129 Å². The number of nitrogens with one attached hydrogen (secondary N) is 2. The fourth-order valence-corrected chi connectivity index (χ4v) is 13.6. The number of nitrogens with two attached hydrogens (primary N) is 1. The monoisotopic (exact) mass is 712 g/mol. The Bertz CT molecular complexity index is 1710. The van der Waals surface area contributed by atoms with E-state index in [9.17, 15) is 19.5 Å². The summed E-state index contributed by atoms with van der Waals surface area (Å²) in [6.45, 7) is 11.1. The van der Waals surface area contributed by atoms with E-state index in [0.717, 1.165) is 74.9 Å². The maximum Gasteiger partial charge on any atom is 0.309 e. The maximum atomic E-state index is 14.6. The largest absolute Gasteiger partial charge is 0.481 e. The number of carboxylic acids is 1. The molecule has 9 heteroatoms. The number of carbonyl (C=O) groups excluding carboxylic acids is 2. The van der Waals surface area contributed by atoms with Gasteiger partial charge in [-0.3, -0.25) is 14.4 Å². The number of benzene rings is 1. The zero-order valence-corrected chi connectivity index (χ0v) is 31.8. The van der Waals surface area contributed by atoms with E-state index in [2.05, 4.69) is 50.1 Å². The maximum absolute atomic E-state index is 14.6. The minimum Gasteiger partial charge on any atom is -0.481 e. The van der Waals surface area contributed by atoms with Gasteiger partial charge in [-0.15, -0.1) is 0 Å². The molecule has 1 amide bonds. The highest BCUT2D eigenvalue weighted by Gasteiger charge is 2.66. The van der Waals surface area contributed by atoms with Crippen molar-refractivity contribution in [1.82, 2.24) is 15.3 Å². The van der Waals surface area contributed by atoms with Crippen LogP contribution in [0.3, 0.4) is 0 Å². The van der Waals surface area contributed by atoms with Crippen molar-refractivity contribution in [2.75, 3.05) is 0 Å². The highest BCUT2D eigenvalue weighted by Crippen LogP contribution is 2.71. The highest BCUT2D eigenvalue weighted by atomic mass is 16.5. The second-order valence-electron chi connectivity index (χ2n) is 19.1. The normalized spacial score (nSPS) is 42.4. The molecule has 1 aromatic heterocycles. The predicted molar refractivity (Wildman–Crippen MR) is 198 cm³/mol. The zero-order chi connectivity index (χ0) is 36.8. The van der Waals surface area contributed by atoms with Gasteiger partial charge < -0.3 is 25.9 Å². The number of imidazole rings is 1. The third-order valence-corrected chi connectivity index (χ3v) is 16.5. The molecule has 8 rings (SSSR count). The number of nitrogens with zero attached hydrogens (tertiary/aromatic N) is 1. The summed E-state index contributed by atoms with van der Waals surface area (Å²) in [6.07, 6.45) is 13.5. The van der Waals surface area contributed by atoms with Gasteiger partial charge in [0.25, 0.3) is 0 Å². The van der Waals surface area contributed by atoms with Crippen molar-refractivity contribution >= 4 is 17.8 Å². The molecule has 2 aromatic rings. The first-order valence-corrected chi connectivity index (χ1v) is 20.3. The summed E-state index contributed by atoms with van der Waals surface area (Å²) >= 11 is 0. The Hall–Kier alpha value is -3.20. The number of fused-ring (bicyclic) bond motifs is 7. The lowest BCUT2D eigenvalue weighted by Crippen LogP contribution is -2.65. The minimum atomic E-state index is -0.826. The molecule has 6 fully saturated rings. The predicted octanol–water partition coefficient (Wildman–Crippen LogP) is 7.46. The van der Waals surface area contributed by atoms with Gasteiger partial charge in [-0.25, -0.2) is 4.98 Å². The first kappa shape index (κ1) is 35.8. The standard InChI is InChI=1S/C43H60N4O5/c1-24-27(36(48)49)22-28(24)37(50)52-33-17-20-42(5)31(35(33)44)15-19-41(4)29-16-21-43(18-9-12-30(43)26(29)13-14-34(41)42)39(51)47-40(2,3)38-45-23-32(46-38)25-10-7-6-8-11-25/h6-8,10-11,23-24,26-31,33-35H,9,12-22,44H2,1-5H3,(H,45,46)(H,47,51)(H,48,49). The molecule has 1 heterocycles. The van der Waals surface area contributed by atoms with Crippen molar-refractivity contribution < 1.29 is 24.2 Å². The quantitative estimate of drug-likeness (QED) is 0.218. The summed E-state index contributed by atoms with van der Waals surface area (Å²) in [5.41, 5.74) is 8.45. The van der Waals surface area contributed by atoms with Gasteiger partial charge in [0.1, 0.15) is 11.9 Å². The summed E-state index contributed by atoms with van der Waals surface area (Å²) in [4.78, 5) is 47.4. The molecule has 0 bridgehead atoms. The Kier molecular flexibility index (Phi) is 8.74. The van der Waals surface area contributed by atoms with E-state index in [1.807, 2.05) is 31.3 Å². The number of rotatable bonds is 7. The smallest absolute Gasteiger partial charge is 0.309 e. The van der Waals surface area contributed by atoms with Crippen molar-refractivity contribution in [1.29, 1.82) is 0 Å². The number of amides is 1. The zero-order valence-electron chi connectivity index (χ0n) is 31.8. The van der Waals surface area contributed by atoms with Crippen molar-refractivity contribution in [3.05, 3.63) is 42.4 Å². The van der Waals surface area contributed by atoms with Crippen LogP contribution in [-0.4, -0.2) is 45.1 Å². The molecule has 13 unspecified atom stereocenters. The van der Waals surface area contributed by atoms with Crippen LogP contribution >= 0.6 is 0 Å². The molecule has 0 aliphatic heterocycles. The Morgan fingerprint density at radius 1 is 0.923 bits per heavy atom. The topological polar surface area (TPSA) is 147 Å². The number of hydrogen-bond donors (Lipinski definition) is 4. The number of carbonyl (C=O) groups is 3. The van der Waals surface area contributed by atoms with Crippen molar-refractivity contribution in [3.8, 4) is 11.3 Å². The Morgan fingerprint density at radius 2 is 1.63 bits per heavy atom. The minimum absolute atomic E-state index is 0.0890. The van der Waals surface area contributed by atoms with Gasteiger partial charge >= 0.3 is 11.9 Å².